The largest absolute Gasteiger partial charge is 0.486 e. The highest BCUT2D eigenvalue weighted by Gasteiger charge is 2.06. The van der Waals surface area contributed by atoms with Gasteiger partial charge in [-0.25, -0.2) is 8.78 Å². The zero-order chi connectivity index (χ0) is 9.84. The molecule has 1 aromatic carbocycles. The Morgan fingerprint density at radius 1 is 1.46 bits per heavy atom. The van der Waals surface area contributed by atoms with E-state index in [0.29, 0.717) is 5.02 Å². The lowest BCUT2D eigenvalue weighted by Gasteiger charge is -2.06. The first-order valence-corrected chi connectivity index (χ1v) is 4.62. The van der Waals surface area contributed by atoms with Crippen molar-refractivity contribution in [3.8, 4) is 5.75 Å². The molecule has 0 atom stereocenters. The zero-order valence-electron chi connectivity index (χ0n) is 6.44. The van der Waals surface area contributed by atoms with Gasteiger partial charge in [-0.3, -0.25) is 0 Å². The molecule has 1 nitrogen and oxygen atoms in total. The summed E-state index contributed by atoms with van der Waals surface area (Å²) in [5, 5.41) is 0.315. The SMILES string of the molecule is FC(F)COc1ccc(Br)cc1Cl. The van der Waals surface area contributed by atoms with Gasteiger partial charge in [-0.1, -0.05) is 27.5 Å². The van der Waals surface area contributed by atoms with Crippen LogP contribution < -0.4 is 4.74 Å². The summed E-state index contributed by atoms with van der Waals surface area (Å²) in [6.45, 7) is -0.638. The molecule has 0 heterocycles. The van der Waals surface area contributed by atoms with Gasteiger partial charge in [0.2, 0.25) is 0 Å². The van der Waals surface area contributed by atoms with Gasteiger partial charge in [0.25, 0.3) is 6.43 Å². The number of rotatable bonds is 3. The lowest BCUT2D eigenvalue weighted by Crippen LogP contribution is -2.07. The first-order chi connectivity index (χ1) is 6.09. The molecule has 0 N–H and O–H groups in total. The molecule has 0 unspecified atom stereocenters. The summed E-state index contributed by atoms with van der Waals surface area (Å²) in [7, 11) is 0. The molecule has 5 heteroatoms. The van der Waals surface area contributed by atoms with Crippen LogP contribution in [0.2, 0.25) is 5.02 Å². The molecular formula is C8H6BrClF2O. The molecule has 0 aliphatic carbocycles. The first kappa shape index (κ1) is 10.7. The molecule has 13 heavy (non-hydrogen) atoms. The highest BCUT2D eigenvalue weighted by atomic mass is 79.9. The molecule has 0 fully saturated rings. The Balaban J connectivity index is 2.67. The monoisotopic (exact) mass is 270 g/mol. The van der Waals surface area contributed by atoms with E-state index >= 15 is 0 Å². The average molecular weight is 271 g/mol. The summed E-state index contributed by atoms with van der Waals surface area (Å²) in [5.41, 5.74) is 0. The molecule has 1 aromatic rings. The Labute approximate surface area is 87.8 Å². The topological polar surface area (TPSA) is 9.23 Å². The third kappa shape index (κ3) is 3.48. The van der Waals surface area contributed by atoms with Crippen molar-refractivity contribution in [2.24, 2.45) is 0 Å². The molecule has 0 aliphatic heterocycles. The fraction of sp³-hybridized carbons (Fsp3) is 0.250. The van der Waals surface area contributed by atoms with Crippen molar-refractivity contribution in [2.45, 2.75) is 6.43 Å². The number of halogens is 4. The van der Waals surface area contributed by atoms with E-state index < -0.39 is 13.0 Å². The van der Waals surface area contributed by atoms with Gasteiger partial charge in [0.15, 0.2) is 0 Å². The molecule has 0 radical (unpaired) electrons. The minimum absolute atomic E-state index is 0.269. The number of ether oxygens (including phenoxy) is 1. The summed E-state index contributed by atoms with van der Waals surface area (Å²) in [5.74, 6) is 0.269. The Bertz CT molecular complexity index is 293. The van der Waals surface area contributed by atoms with Crippen LogP contribution in [-0.4, -0.2) is 13.0 Å². The smallest absolute Gasteiger partial charge is 0.272 e. The van der Waals surface area contributed by atoms with E-state index in [1.807, 2.05) is 0 Å². The number of alkyl halides is 2. The van der Waals surface area contributed by atoms with Crippen LogP contribution in [0, 0.1) is 0 Å². The normalized spacial score (nSPS) is 10.5. The van der Waals surface area contributed by atoms with Crippen LogP contribution in [0.15, 0.2) is 22.7 Å². The van der Waals surface area contributed by atoms with Crippen molar-refractivity contribution in [2.75, 3.05) is 6.61 Å². The van der Waals surface area contributed by atoms with Gasteiger partial charge in [-0.05, 0) is 18.2 Å². The van der Waals surface area contributed by atoms with Crippen LogP contribution in [-0.2, 0) is 0 Å². The second-order valence-electron chi connectivity index (χ2n) is 2.28. The molecule has 0 amide bonds. The lowest BCUT2D eigenvalue weighted by atomic mass is 10.3. The van der Waals surface area contributed by atoms with Gasteiger partial charge in [-0.2, -0.15) is 0 Å². The van der Waals surface area contributed by atoms with Crippen molar-refractivity contribution in [3.05, 3.63) is 27.7 Å². The summed E-state index contributed by atoms with van der Waals surface area (Å²) in [6.07, 6.45) is -2.49. The minimum atomic E-state index is -2.49. The molecule has 0 saturated carbocycles. The Morgan fingerprint density at radius 3 is 2.69 bits per heavy atom. The second-order valence-corrected chi connectivity index (χ2v) is 3.60. The molecule has 1 rings (SSSR count). The maximum Gasteiger partial charge on any atom is 0.272 e. The van der Waals surface area contributed by atoms with Crippen molar-refractivity contribution < 1.29 is 13.5 Å². The summed E-state index contributed by atoms with van der Waals surface area (Å²) < 4.78 is 29.0. The summed E-state index contributed by atoms with van der Waals surface area (Å²) in [6, 6.07) is 4.80. The first-order valence-electron chi connectivity index (χ1n) is 3.45. The molecule has 0 aliphatic rings. The van der Waals surface area contributed by atoms with Gasteiger partial charge in [0.1, 0.15) is 12.4 Å². The zero-order valence-corrected chi connectivity index (χ0v) is 8.78. The Hall–Kier alpha value is -0.350. The molecule has 0 aromatic heterocycles. The quantitative estimate of drug-likeness (QED) is 0.813. The van der Waals surface area contributed by atoms with E-state index in [1.54, 1.807) is 12.1 Å². The number of benzene rings is 1. The highest BCUT2D eigenvalue weighted by molar-refractivity contribution is 9.10. The van der Waals surface area contributed by atoms with E-state index in [1.165, 1.54) is 6.07 Å². The highest BCUT2D eigenvalue weighted by Crippen LogP contribution is 2.27. The van der Waals surface area contributed by atoms with E-state index in [9.17, 15) is 8.78 Å². The van der Waals surface area contributed by atoms with Gasteiger partial charge < -0.3 is 4.74 Å². The predicted octanol–water partition coefficient (Wildman–Crippen LogP) is 3.75. The molecule has 0 spiro atoms. The fourth-order valence-electron chi connectivity index (χ4n) is 0.745. The van der Waals surface area contributed by atoms with E-state index in [4.69, 9.17) is 16.3 Å². The van der Waals surface area contributed by atoms with Crippen molar-refractivity contribution in [3.63, 3.8) is 0 Å². The van der Waals surface area contributed by atoms with E-state index in [-0.39, 0.29) is 5.75 Å². The summed E-state index contributed by atoms with van der Waals surface area (Å²) >= 11 is 8.90. The van der Waals surface area contributed by atoms with Crippen molar-refractivity contribution in [1.29, 1.82) is 0 Å². The van der Waals surface area contributed by atoms with Crippen molar-refractivity contribution >= 4 is 27.5 Å². The van der Waals surface area contributed by atoms with Gasteiger partial charge in [0, 0.05) is 4.47 Å². The van der Waals surface area contributed by atoms with Crippen LogP contribution >= 0.6 is 27.5 Å². The molecular weight excluding hydrogens is 265 g/mol. The Kier molecular flexibility index (Phi) is 3.93. The predicted molar refractivity (Wildman–Crippen MR) is 50.7 cm³/mol. The van der Waals surface area contributed by atoms with Gasteiger partial charge >= 0.3 is 0 Å². The number of hydrogen-bond donors (Lipinski definition) is 0. The molecule has 0 saturated heterocycles. The lowest BCUT2D eigenvalue weighted by molar-refractivity contribution is 0.0819. The van der Waals surface area contributed by atoms with Crippen LogP contribution in [0.5, 0.6) is 5.75 Å². The molecule has 0 bridgehead atoms. The number of hydrogen-bond acceptors (Lipinski definition) is 1. The van der Waals surface area contributed by atoms with Crippen LogP contribution in [0.3, 0.4) is 0 Å². The second kappa shape index (κ2) is 4.77. The third-order valence-corrected chi connectivity index (χ3v) is 2.05. The minimum Gasteiger partial charge on any atom is -0.486 e. The maximum absolute atomic E-state index is 11.8. The Morgan fingerprint density at radius 2 is 2.15 bits per heavy atom. The molecule has 72 valence electrons. The maximum atomic E-state index is 11.8. The third-order valence-electron chi connectivity index (χ3n) is 1.26. The van der Waals surface area contributed by atoms with Gasteiger partial charge in [0.05, 0.1) is 5.02 Å². The summed E-state index contributed by atoms with van der Waals surface area (Å²) in [4.78, 5) is 0. The fourth-order valence-corrected chi connectivity index (χ4v) is 1.47. The van der Waals surface area contributed by atoms with Crippen molar-refractivity contribution in [1.82, 2.24) is 0 Å². The van der Waals surface area contributed by atoms with E-state index in [0.717, 1.165) is 4.47 Å². The average Bonchev–Trinajstić information content (AvgIpc) is 2.02. The van der Waals surface area contributed by atoms with Gasteiger partial charge in [-0.15, -0.1) is 0 Å². The van der Waals surface area contributed by atoms with Crippen LogP contribution in [0.25, 0.3) is 0 Å². The van der Waals surface area contributed by atoms with Crippen LogP contribution in [0.1, 0.15) is 0 Å². The van der Waals surface area contributed by atoms with E-state index in [2.05, 4.69) is 15.9 Å². The standard InChI is InChI=1S/C8H6BrClF2O/c9-5-1-2-7(6(10)3-5)13-4-8(11)12/h1-3,8H,4H2. The van der Waals surface area contributed by atoms with Crippen LogP contribution in [0.4, 0.5) is 8.78 Å².